The van der Waals surface area contributed by atoms with Crippen LogP contribution in [-0.4, -0.2) is 26.1 Å². The van der Waals surface area contributed by atoms with Crippen molar-refractivity contribution in [2.45, 2.75) is 23.5 Å². The summed E-state index contributed by atoms with van der Waals surface area (Å²) < 4.78 is 39.1. The number of carbonyl (C=O) groups is 1. The smallest absolute Gasteiger partial charge is 0.301 e. The molecule has 0 bridgehead atoms. The van der Waals surface area contributed by atoms with E-state index in [-0.39, 0.29) is 5.16 Å². The van der Waals surface area contributed by atoms with Crippen LogP contribution in [0.2, 0.25) is 0 Å². The number of thiazole rings is 1. The predicted octanol–water partition coefficient (Wildman–Crippen LogP) is 3.52. The number of rotatable bonds is 4. The molecule has 3 rings (SSSR count). The van der Waals surface area contributed by atoms with Gasteiger partial charge in [0, 0.05) is 6.07 Å². The van der Waals surface area contributed by atoms with E-state index in [1.165, 1.54) is 18.3 Å². The van der Waals surface area contributed by atoms with Crippen molar-refractivity contribution in [1.82, 2.24) is 15.0 Å². The molecule has 0 aliphatic carbocycles. The number of thioether (sulfide) groups is 1. The Labute approximate surface area is 152 Å². The molecule has 0 spiro atoms. The fourth-order valence-electron chi connectivity index (χ4n) is 1.99. The van der Waals surface area contributed by atoms with Gasteiger partial charge in [0.15, 0.2) is 16.0 Å². The molecule has 6 nitrogen and oxygen atoms in total. The van der Waals surface area contributed by atoms with E-state index in [9.17, 15) is 22.8 Å². The highest BCUT2D eigenvalue weighted by Crippen LogP contribution is 2.29. The van der Waals surface area contributed by atoms with Crippen LogP contribution in [0.4, 0.5) is 18.3 Å². The molecule has 136 valence electrons. The predicted molar refractivity (Wildman–Crippen MR) is 93.4 cm³/mol. The Hall–Kier alpha value is -2.40. The van der Waals surface area contributed by atoms with Gasteiger partial charge in [-0.3, -0.25) is 9.59 Å². The van der Waals surface area contributed by atoms with Gasteiger partial charge in [-0.15, -0.1) is 0 Å². The molecule has 0 radical (unpaired) electrons. The molecule has 0 aliphatic rings. The number of alkyl halides is 3. The summed E-state index contributed by atoms with van der Waals surface area (Å²) in [6, 6.07) is 7.70. The topological polar surface area (TPSA) is 87.7 Å². The first-order chi connectivity index (χ1) is 12.2. The third-order valence-corrected chi connectivity index (χ3v) is 5.13. The summed E-state index contributed by atoms with van der Waals surface area (Å²) >= 11 is 2.00. The first kappa shape index (κ1) is 18.4. The molecule has 1 aromatic carbocycles. The Balaban J connectivity index is 1.73. The number of fused-ring (bicyclic) bond motifs is 1. The van der Waals surface area contributed by atoms with E-state index in [1.54, 1.807) is 6.07 Å². The van der Waals surface area contributed by atoms with Crippen molar-refractivity contribution < 1.29 is 18.0 Å². The summed E-state index contributed by atoms with van der Waals surface area (Å²) in [5.41, 5.74) is -1.51. The van der Waals surface area contributed by atoms with Crippen LogP contribution in [0, 0.1) is 0 Å². The highest BCUT2D eigenvalue weighted by atomic mass is 32.2. The van der Waals surface area contributed by atoms with Crippen molar-refractivity contribution >= 4 is 44.4 Å². The number of amides is 1. The van der Waals surface area contributed by atoms with Crippen LogP contribution in [0.3, 0.4) is 0 Å². The summed E-state index contributed by atoms with van der Waals surface area (Å²) in [5.74, 6) is -0.464. The molecule has 1 amide bonds. The summed E-state index contributed by atoms with van der Waals surface area (Å²) in [6.07, 6.45) is -4.74. The monoisotopic (exact) mass is 400 g/mol. The standard InChI is InChI=1S/C15H11F3N4O2S2/c1-7(25-14-20-10(15(16,17)18)6-11(23)21-14)12(24)22-13-19-8-4-2-3-5-9(8)26-13/h2-7H,1H3,(H,19,22,24)(H,20,21,23). The van der Waals surface area contributed by atoms with Crippen molar-refractivity contribution in [3.63, 3.8) is 0 Å². The van der Waals surface area contributed by atoms with Crippen LogP contribution in [0.15, 0.2) is 40.3 Å². The van der Waals surface area contributed by atoms with Crippen LogP contribution < -0.4 is 10.9 Å². The summed E-state index contributed by atoms with van der Waals surface area (Å²) in [7, 11) is 0. The Morgan fingerprint density at radius 2 is 2.04 bits per heavy atom. The van der Waals surface area contributed by atoms with E-state index >= 15 is 0 Å². The van der Waals surface area contributed by atoms with Gasteiger partial charge in [-0.25, -0.2) is 9.97 Å². The number of aromatic amines is 1. The highest BCUT2D eigenvalue weighted by Gasteiger charge is 2.33. The molecule has 0 fully saturated rings. The number of H-pyrrole nitrogens is 1. The number of anilines is 1. The molecular formula is C15H11F3N4O2S2. The molecule has 2 aromatic heterocycles. The molecule has 2 heterocycles. The van der Waals surface area contributed by atoms with Crippen molar-refractivity contribution in [2.24, 2.45) is 0 Å². The SMILES string of the molecule is CC(Sc1nc(C(F)(F)F)cc(=O)[nH]1)C(=O)Nc1nc2ccccc2s1. The molecule has 0 aliphatic heterocycles. The number of hydrogen-bond donors (Lipinski definition) is 2. The van der Waals surface area contributed by atoms with E-state index in [0.29, 0.717) is 11.2 Å². The second-order valence-corrected chi connectivity index (χ2v) is 7.53. The van der Waals surface area contributed by atoms with Crippen molar-refractivity contribution in [3.05, 3.63) is 46.4 Å². The van der Waals surface area contributed by atoms with Crippen LogP contribution in [-0.2, 0) is 11.0 Å². The summed E-state index contributed by atoms with van der Waals surface area (Å²) in [4.78, 5) is 33.4. The minimum Gasteiger partial charge on any atom is -0.301 e. The molecule has 0 saturated heterocycles. The molecular weight excluding hydrogens is 389 g/mol. The lowest BCUT2D eigenvalue weighted by atomic mass is 10.3. The number of hydrogen-bond acceptors (Lipinski definition) is 6. The second kappa shape index (κ2) is 7.08. The summed E-state index contributed by atoms with van der Waals surface area (Å²) in [6.45, 7) is 1.49. The molecule has 26 heavy (non-hydrogen) atoms. The fourth-order valence-corrected chi connectivity index (χ4v) is 3.67. The van der Waals surface area contributed by atoms with Crippen molar-refractivity contribution in [2.75, 3.05) is 5.32 Å². The van der Waals surface area contributed by atoms with Crippen LogP contribution in [0.5, 0.6) is 0 Å². The van der Waals surface area contributed by atoms with Gasteiger partial charge in [-0.1, -0.05) is 35.2 Å². The van der Waals surface area contributed by atoms with Crippen molar-refractivity contribution in [3.8, 4) is 0 Å². The lowest BCUT2D eigenvalue weighted by Gasteiger charge is -2.11. The Kier molecular flexibility index (Phi) is 5.01. The zero-order valence-corrected chi connectivity index (χ0v) is 14.8. The highest BCUT2D eigenvalue weighted by molar-refractivity contribution is 8.00. The molecule has 1 unspecified atom stereocenters. The number of benzene rings is 1. The minimum atomic E-state index is -4.74. The molecule has 1 atom stereocenters. The first-order valence-electron chi connectivity index (χ1n) is 7.24. The lowest BCUT2D eigenvalue weighted by molar-refractivity contribution is -0.141. The van der Waals surface area contributed by atoms with Gasteiger partial charge in [0.25, 0.3) is 5.56 Å². The third kappa shape index (κ3) is 4.22. The normalized spacial score (nSPS) is 12.9. The second-order valence-electron chi connectivity index (χ2n) is 5.17. The van der Waals surface area contributed by atoms with E-state index < -0.39 is 28.6 Å². The minimum absolute atomic E-state index is 0.281. The van der Waals surface area contributed by atoms with E-state index in [4.69, 9.17) is 0 Å². The van der Waals surface area contributed by atoms with E-state index in [0.717, 1.165) is 22.0 Å². The van der Waals surface area contributed by atoms with Gasteiger partial charge in [-0.2, -0.15) is 13.2 Å². The first-order valence-corrected chi connectivity index (χ1v) is 8.93. The van der Waals surface area contributed by atoms with Crippen LogP contribution >= 0.6 is 23.1 Å². The largest absolute Gasteiger partial charge is 0.433 e. The van der Waals surface area contributed by atoms with Crippen molar-refractivity contribution in [1.29, 1.82) is 0 Å². The van der Waals surface area contributed by atoms with Gasteiger partial charge >= 0.3 is 6.18 Å². The van der Waals surface area contributed by atoms with Crippen LogP contribution in [0.1, 0.15) is 12.6 Å². The van der Waals surface area contributed by atoms with Gasteiger partial charge in [0.1, 0.15) is 0 Å². The number of carbonyl (C=O) groups excluding carboxylic acids is 1. The fraction of sp³-hybridized carbons (Fsp3) is 0.200. The number of para-hydroxylation sites is 1. The van der Waals surface area contributed by atoms with Gasteiger partial charge < -0.3 is 10.3 Å². The number of nitrogens with one attached hydrogen (secondary N) is 2. The molecule has 11 heteroatoms. The maximum atomic E-state index is 12.7. The maximum absolute atomic E-state index is 12.7. The number of nitrogens with zero attached hydrogens (tertiary/aromatic N) is 2. The van der Waals surface area contributed by atoms with Crippen LogP contribution in [0.25, 0.3) is 10.2 Å². The van der Waals surface area contributed by atoms with Gasteiger partial charge in [0.05, 0.1) is 15.5 Å². The number of aromatic nitrogens is 3. The molecule has 2 N–H and O–H groups in total. The van der Waals surface area contributed by atoms with E-state index in [2.05, 4.69) is 20.3 Å². The summed E-state index contributed by atoms with van der Waals surface area (Å²) in [5, 5.41) is 1.92. The Bertz CT molecular complexity index is 983. The average Bonchev–Trinajstić information content (AvgIpc) is 2.95. The zero-order chi connectivity index (χ0) is 18.9. The molecule has 0 saturated carbocycles. The lowest BCUT2D eigenvalue weighted by Crippen LogP contribution is -2.24. The zero-order valence-electron chi connectivity index (χ0n) is 13.1. The quantitative estimate of drug-likeness (QED) is 0.517. The van der Waals surface area contributed by atoms with E-state index in [1.807, 2.05) is 18.2 Å². The van der Waals surface area contributed by atoms with Gasteiger partial charge in [-0.05, 0) is 19.1 Å². The Morgan fingerprint density at radius 3 is 2.73 bits per heavy atom. The maximum Gasteiger partial charge on any atom is 0.433 e. The molecule has 3 aromatic rings. The average molecular weight is 400 g/mol. The number of halogens is 3. The van der Waals surface area contributed by atoms with Gasteiger partial charge in [0.2, 0.25) is 5.91 Å². The Morgan fingerprint density at radius 1 is 1.31 bits per heavy atom. The third-order valence-electron chi connectivity index (χ3n) is 3.19.